The second-order valence-corrected chi connectivity index (χ2v) is 7.12. The molecule has 0 saturated heterocycles. The molecule has 0 spiro atoms. The molecule has 21 heavy (non-hydrogen) atoms. The maximum absolute atomic E-state index is 11.9. The molecule has 0 radical (unpaired) electrons. The van der Waals surface area contributed by atoms with E-state index in [9.17, 15) is 4.79 Å². The molecule has 1 N–H and O–H groups in total. The Labute approximate surface area is 128 Å². The van der Waals surface area contributed by atoms with Gasteiger partial charge in [-0.2, -0.15) is 0 Å². The molecule has 0 unspecified atom stereocenters. The summed E-state index contributed by atoms with van der Waals surface area (Å²) in [5.41, 5.74) is 2.24. The first-order valence-corrected chi connectivity index (χ1v) is 7.89. The van der Waals surface area contributed by atoms with E-state index >= 15 is 0 Å². The molecule has 1 aliphatic rings. The number of amides is 1. The molecule has 0 bridgehead atoms. The van der Waals surface area contributed by atoms with Gasteiger partial charge in [0.1, 0.15) is 5.60 Å². The summed E-state index contributed by atoms with van der Waals surface area (Å²) in [7, 11) is 0. The van der Waals surface area contributed by atoms with E-state index < -0.39 is 5.60 Å². The van der Waals surface area contributed by atoms with Crippen LogP contribution >= 0.6 is 0 Å². The molecular formula is C18H27NO2. The Hall–Kier alpha value is -1.51. The maximum Gasteiger partial charge on any atom is 0.407 e. The lowest BCUT2D eigenvalue weighted by molar-refractivity contribution is 0.0490. The van der Waals surface area contributed by atoms with Crippen molar-refractivity contribution in [3.05, 3.63) is 35.4 Å². The van der Waals surface area contributed by atoms with Gasteiger partial charge in [-0.15, -0.1) is 0 Å². The Morgan fingerprint density at radius 3 is 2.48 bits per heavy atom. The van der Waals surface area contributed by atoms with Gasteiger partial charge < -0.3 is 10.1 Å². The summed E-state index contributed by atoms with van der Waals surface area (Å²) >= 11 is 0. The Morgan fingerprint density at radius 1 is 1.19 bits per heavy atom. The van der Waals surface area contributed by atoms with E-state index in [0.717, 1.165) is 19.3 Å². The SMILES string of the molecule is Cc1ccc([C@H]2CCC[C@@H](NC(=O)OC(C)(C)C)C2)cc1. The van der Waals surface area contributed by atoms with Crippen LogP contribution in [0.5, 0.6) is 0 Å². The van der Waals surface area contributed by atoms with Crippen LogP contribution in [0.15, 0.2) is 24.3 Å². The van der Waals surface area contributed by atoms with Gasteiger partial charge in [-0.1, -0.05) is 36.2 Å². The van der Waals surface area contributed by atoms with Crippen LogP contribution in [0, 0.1) is 6.92 Å². The van der Waals surface area contributed by atoms with Gasteiger partial charge in [0.25, 0.3) is 0 Å². The highest BCUT2D eigenvalue weighted by atomic mass is 16.6. The van der Waals surface area contributed by atoms with Crippen molar-refractivity contribution in [2.24, 2.45) is 0 Å². The predicted octanol–water partition coefficient (Wildman–Crippen LogP) is 4.55. The second kappa shape index (κ2) is 6.50. The van der Waals surface area contributed by atoms with Crippen molar-refractivity contribution in [2.45, 2.75) is 70.9 Å². The average molecular weight is 289 g/mol. The van der Waals surface area contributed by atoms with E-state index in [1.807, 2.05) is 20.8 Å². The van der Waals surface area contributed by atoms with E-state index in [2.05, 4.69) is 36.5 Å². The zero-order valence-electron chi connectivity index (χ0n) is 13.6. The van der Waals surface area contributed by atoms with Crippen molar-refractivity contribution >= 4 is 6.09 Å². The molecular weight excluding hydrogens is 262 g/mol. The molecule has 1 aliphatic carbocycles. The zero-order chi connectivity index (χ0) is 15.5. The minimum Gasteiger partial charge on any atom is -0.444 e. The van der Waals surface area contributed by atoms with Crippen LogP contribution < -0.4 is 5.32 Å². The predicted molar refractivity (Wildman–Crippen MR) is 85.5 cm³/mol. The molecule has 0 aliphatic heterocycles. The molecule has 1 aromatic rings. The third-order valence-corrected chi connectivity index (χ3v) is 3.94. The molecule has 1 amide bonds. The van der Waals surface area contributed by atoms with Crippen LogP contribution in [0.2, 0.25) is 0 Å². The fourth-order valence-electron chi connectivity index (χ4n) is 2.94. The fraction of sp³-hybridized carbons (Fsp3) is 0.611. The van der Waals surface area contributed by atoms with E-state index in [-0.39, 0.29) is 12.1 Å². The van der Waals surface area contributed by atoms with Gasteiger partial charge in [-0.3, -0.25) is 0 Å². The first-order chi connectivity index (χ1) is 9.83. The minimum absolute atomic E-state index is 0.222. The lowest BCUT2D eigenvalue weighted by Crippen LogP contribution is -2.41. The molecule has 1 saturated carbocycles. The number of nitrogens with one attached hydrogen (secondary N) is 1. The summed E-state index contributed by atoms with van der Waals surface area (Å²) in [4.78, 5) is 11.9. The van der Waals surface area contributed by atoms with Gasteiger partial charge in [-0.25, -0.2) is 4.79 Å². The highest BCUT2D eigenvalue weighted by Crippen LogP contribution is 2.33. The van der Waals surface area contributed by atoms with Gasteiger partial charge in [0.2, 0.25) is 0 Å². The number of hydrogen-bond acceptors (Lipinski definition) is 2. The molecule has 1 fully saturated rings. The van der Waals surface area contributed by atoms with E-state index in [1.165, 1.54) is 17.5 Å². The van der Waals surface area contributed by atoms with Crippen molar-refractivity contribution in [3.8, 4) is 0 Å². The molecule has 2 rings (SSSR count). The van der Waals surface area contributed by atoms with E-state index in [0.29, 0.717) is 5.92 Å². The Balaban J connectivity index is 1.91. The average Bonchev–Trinajstić information content (AvgIpc) is 2.37. The Kier molecular flexibility index (Phi) is 4.92. The topological polar surface area (TPSA) is 38.3 Å². The normalized spacial score (nSPS) is 22.7. The van der Waals surface area contributed by atoms with Crippen molar-refractivity contribution in [1.29, 1.82) is 0 Å². The smallest absolute Gasteiger partial charge is 0.407 e. The summed E-state index contributed by atoms with van der Waals surface area (Å²) in [5, 5.41) is 3.03. The Morgan fingerprint density at radius 2 is 1.86 bits per heavy atom. The highest BCUT2D eigenvalue weighted by molar-refractivity contribution is 5.68. The van der Waals surface area contributed by atoms with Crippen LogP contribution in [0.1, 0.15) is 63.5 Å². The van der Waals surface area contributed by atoms with Crippen molar-refractivity contribution < 1.29 is 9.53 Å². The van der Waals surface area contributed by atoms with Crippen LogP contribution in [0.3, 0.4) is 0 Å². The number of carbonyl (C=O) groups excluding carboxylic acids is 1. The fourth-order valence-corrected chi connectivity index (χ4v) is 2.94. The highest BCUT2D eigenvalue weighted by Gasteiger charge is 2.26. The van der Waals surface area contributed by atoms with Gasteiger partial charge in [0.05, 0.1) is 0 Å². The van der Waals surface area contributed by atoms with Gasteiger partial charge in [0.15, 0.2) is 0 Å². The van der Waals surface area contributed by atoms with Crippen LogP contribution in [-0.2, 0) is 4.74 Å². The lowest BCUT2D eigenvalue weighted by atomic mass is 9.81. The largest absolute Gasteiger partial charge is 0.444 e. The van der Waals surface area contributed by atoms with Crippen LogP contribution in [-0.4, -0.2) is 17.7 Å². The number of carbonyl (C=O) groups is 1. The maximum atomic E-state index is 11.9. The number of aryl methyl sites for hydroxylation is 1. The third kappa shape index (κ3) is 5.07. The number of hydrogen-bond donors (Lipinski definition) is 1. The molecule has 2 atom stereocenters. The summed E-state index contributed by atoms with van der Waals surface area (Å²) in [6.45, 7) is 7.78. The van der Waals surface area contributed by atoms with Crippen LogP contribution in [0.25, 0.3) is 0 Å². The summed E-state index contributed by atoms with van der Waals surface area (Å²) in [6.07, 6.45) is 4.11. The zero-order valence-corrected chi connectivity index (χ0v) is 13.6. The molecule has 0 heterocycles. The molecule has 3 heteroatoms. The molecule has 3 nitrogen and oxygen atoms in total. The second-order valence-electron chi connectivity index (χ2n) is 7.12. The van der Waals surface area contributed by atoms with Crippen molar-refractivity contribution in [1.82, 2.24) is 5.32 Å². The quantitative estimate of drug-likeness (QED) is 0.867. The van der Waals surface area contributed by atoms with Crippen molar-refractivity contribution in [3.63, 3.8) is 0 Å². The summed E-state index contributed by atoms with van der Waals surface area (Å²) in [6, 6.07) is 8.99. The van der Waals surface area contributed by atoms with Gasteiger partial charge in [0, 0.05) is 6.04 Å². The van der Waals surface area contributed by atoms with Crippen LogP contribution in [0.4, 0.5) is 4.79 Å². The number of rotatable bonds is 2. The Bertz CT molecular complexity index is 473. The van der Waals surface area contributed by atoms with E-state index in [4.69, 9.17) is 4.74 Å². The first-order valence-electron chi connectivity index (χ1n) is 7.89. The number of alkyl carbamates (subject to hydrolysis) is 1. The van der Waals surface area contributed by atoms with Crippen molar-refractivity contribution in [2.75, 3.05) is 0 Å². The van der Waals surface area contributed by atoms with Gasteiger partial charge >= 0.3 is 6.09 Å². The third-order valence-electron chi connectivity index (χ3n) is 3.94. The molecule has 0 aromatic heterocycles. The number of benzene rings is 1. The standard InChI is InChI=1S/C18H27NO2/c1-13-8-10-14(11-9-13)15-6-5-7-16(12-15)19-17(20)21-18(2,3)4/h8-11,15-16H,5-7,12H2,1-4H3,(H,19,20)/t15-,16+/m0/s1. The molecule has 1 aromatic carbocycles. The van der Waals surface area contributed by atoms with E-state index in [1.54, 1.807) is 0 Å². The molecule has 116 valence electrons. The lowest BCUT2D eigenvalue weighted by Gasteiger charge is -2.31. The monoisotopic (exact) mass is 289 g/mol. The summed E-state index contributed by atoms with van der Waals surface area (Å²) < 4.78 is 5.35. The summed E-state index contributed by atoms with van der Waals surface area (Å²) in [5.74, 6) is 0.541. The van der Waals surface area contributed by atoms with Gasteiger partial charge in [-0.05, 0) is 58.4 Å². The minimum atomic E-state index is -0.435. The number of ether oxygens (including phenoxy) is 1. The first kappa shape index (κ1) is 15.9.